The van der Waals surface area contributed by atoms with E-state index in [1.165, 1.54) is 36.2 Å². The van der Waals surface area contributed by atoms with Crippen LogP contribution in [0.25, 0.3) is 44.9 Å². The molecular weight excluding hydrogens is 555 g/mol. The van der Waals surface area contributed by atoms with E-state index in [2.05, 4.69) is 33.1 Å². The Morgan fingerprint density at radius 1 is 1.12 bits per heavy atom. The number of thiophene rings is 1. The third kappa shape index (κ3) is 4.58. The van der Waals surface area contributed by atoms with Gasteiger partial charge in [-0.05, 0) is 75.2 Å². The minimum Gasteiger partial charge on any atom is -0.508 e. The Balaban J connectivity index is 1.42. The third-order valence-corrected chi connectivity index (χ3v) is 9.09. The van der Waals surface area contributed by atoms with E-state index in [1.807, 2.05) is 13.0 Å². The molecular formula is C31H29FN6O3S. The first-order chi connectivity index (χ1) is 20.4. The molecule has 0 radical (unpaired) electrons. The number of likely N-dealkylation sites (tertiary alicyclic amines) is 1. The van der Waals surface area contributed by atoms with E-state index in [0.29, 0.717) is 33.3 Å². The molecule has 1 aliphatic heterocycles. The van der Waals surface area contributed by atoms with Gasteiger partial charge in [-0.15, -0.1) is 11.3 Å². The number of halogens is 1. The van der Waals surface area contributed by atoms with E-state index in [-0.39, 0.29) is 11.6 Å². The van der Waals surface area contributed by atoms with E-state index in [4.69, 9.17) is 15.2 Å². The minimum atomic E-state index is -0.617. The zero-order valence-electron chi connectivity index (χ0n) is 23.0. The Bertz CT molecular complexity index is 2000. The van der Waals surface area contributed by atoms with Gasteiger partial charge in [0.1, 0.15) is 41.2 Å². The van der Waals surface area contributed by atoms with Crippen molar-refractivity contribution in [2.24, 2.45) is 0 Å². The average Bonchev–Trinajstić information content (AvgIpc) is 3.73. The van der Waals surface area contributed by atoms with E-state index in [9.17, 15) is 14.3 Å². The number of hydrogen-bond acceptors (Lipinski definition) is 9. The van der Waals surface area contributed by atoms with Crippen molar-refractivity contribution in [2.75, 3.05) is 18.8 Å². The number of nitrogens with zero attached hydrogens (tertiary/aromatic N) is 5. The lowest BCUT2D eigenvalue weighted by Gasteiger charge is -2.17. The number of rotatable bonds is 6. The molecule has 0 bridgehead atoms. The predicted molar refractivity (Wildman–Crippen MR) is 161 cm³/mol. The molecule has 1 unspecified atom stereocenters. The first-order valence-corrected chi connectivity index (χ1v) is 14.9. The highest BCUT2D eigenvalue weighted by atomic mass is 32.1. The van der Waals surface area contributed by atoms with Crippen molar-refractivity contribution in [2.45, 2.75) is 45.2 Å². The fourth-order valence-corrected chi connectivity index (χ4v) is 7.15. The molecule has 11 heteroatoms. The standard InChI is InChI=1S/C31H29FN6O3S/c1-17(38-30-26(29(33)34-16-35-30)27(36-38)18-12-19(32)14-20(39)13-18)28-25(22-6-2-3-7-23(22)31(40)41-28)24-9-8-21(42-24)15-37-10-4-5-11-37/h6-9,12-14,16-17,39H,2-5,10-11,15H2,1H3,(H2,33,34,35). The van der Waals surface area contributed by atoms with Crippen molar-refractivity contribution in [3.8, 4) is 27.4 Å². The molecule has 1 aromatic carbocycles. The van der Waals surface area contributed by atoms with Gasteiger partial charge in [0.15, 0.2) is 5.65 Å². The molecule has 0 amide bonds. The van der Waals surface area contributed by atoms with Crippen LogP contribution < -0.4 is 21.8 Å². The molecule has 2 aliphatic rings. The van der Waals surface area contributed by atoms with Crippen molar-refractivity contribution in [1.29, 1.82) is 0 Å². The summed E-state index contributed by atoms with van der Waals surface area (Å²) < 4.78 is 22.0. The van der Waals surface area contributed by atoms with Crippen LogP contribution in [-0.4, -0.2) is 42.8 Å². The van der Waals surface area contributed by atoms with Crippen LogP contribution in [-0.2, 0) is 6.54 Å². The van der Waals surface area contributed by atoms with Gasteiger partial charge in [0, 0.05) is 33.5 Å². The molecule has 5 heterocycles. The Hall–Kier alpha value is -4.35. The zero-order valence-corrected chi connectivity index (χ0v) is 23.8. The van der Waals surface area contributed by atoms with Crippen LogP contribution in [0.1, 0.15) is 49.3 Å². The number of anilines is 1. The van der Waals surface area contributed by atoms with E-state index in [0.717, 1.165) is 54.2 Å². The molecule has 214 valence electrons. The van der Waals surface area contributed by atoms with Gasteiger partial charge in [-0.2, -0.15) is 5.10 Å². The molecule has 7 rings (SSSR count). The highest BCUT2D eigenvalue weighted by molar-refractivity contribution is 7.15. The number of phenolic OH excluding ortho intramolecular Hbond substituents is 1. The van der Waals surface area contributed by atoms with Gasteiger partial charge in [-0.3, -0.25) is 4.90 Å². The number of benzene rings is 1. The Labute approximate surface area is 244 Å². The van der Waals surface area contributed by atoms with Crippen molar-refractivity contribution in [3.05, 3.63) is 74.0 Å². The summed E-state index contributed by atoms with van der Waals surface area (Å²) in [5, 5.41) is 16.8. The van der Waals surface area contributed by atoms with Gasteiger partial charge in [-0.25, -0.2) is 23.8 Å². The normalized spacial score (nSPS) is 15.9. The summed E-state index contributed by atoms with van der Waals surface area (Å²) in [5.74, 6) is -0.242. The molecule has 5 aromatic rings. The second-order valence-electron chi connectivity index (χ2n) is 10.8. The van der Waals surface area contributed by atoms with Crippen molar-refractivity contribution >= 4 is 40.3 Å². The average molecular weight is 585 g/mol. The summed E-state index contributed by atoms with van der Waals surface area (Å²) >= 11 is 1.71. The highest BCUT2D eigenvalue weighted by Gasteiger charge is 2.27. The number of fused-ring (bicyclic) bond motifs is 2. The summed E-state index contributed by atoms with van der Waals surface area (Å²) in [6, 6.07) is 7.37. The number of nitrogen functional groups attached to an aromatic ring is 1. The molecule has 1 fully saturated rings. The number of phenols is 1. The quantitative estimate of drug-likeness (QED) is 0.305. The lowest BCUT2D eigenvalue weighted by atomic mass is 10.0. The Morgan fingerprint density at radius 3 is 2.69 bits per heavy atom. The van der Waals surface area contributed by atoms with Crippen LogP contribution in [0, 0.1) is 5.82 Å². The molecule has 3 N–H and O–H groups in total. The first kappa shape index (κ1) is 26.5. The molecule has 9 nitrogen and oxygen atoms in total. The fraction of sp³-hybridized carbons (Fsp3) is 0.290. The summed E-state index contributed by atoms with van der Waals surface area (Å²) in [4.78, 5) is 26.6. The van der Waals surface area contributed by atoms with Gasteiger partial charge in [0.2, 0.25) is 0 Å². The summed E-state index contributed by atoms with van der Waals surface area (Å²) in [6.07, 6.45) is 9.46. The van der Waals surface area contributed by atoms with Gasteiger partial charge in [0.05, 0.1) is 10.6 Å². The maximum atomic E-state index is 14.3. The highest BCUT2D eigenvalue weighted by Crippen LogP contribution is 2.37. The lowest BCUT2D eigenvalue weighted by Crippen LogP contribution is -2.42. The summed E-state index contributed by atoms with van der Waals surface area (Å²) in [6.45, 7) is 5.00. The smallest absolute Gasteiger partial charge is 0.343 e. The van der Waals surface area contributed by atoms with E-state index in [1.54, 1.807) is 16.0 Å². The molecule has 4 aromatic heterocycles. The number of aromatic hydroxyl groups is 1. The molecule has 1 aliphatic carbocycles. The molecule has 1 saturated heterocycles. The zero-order chi connectivity index (χ0) is 29.0. The number of aromatic nitrogens is 4. The van der Waals surface area contributed by atoms with Crippen molar-refractivity contribution in [3.63, 3.8) is 0 Å². The van der Waals surface area contributed by atoms with Crippen LogP contribution in [0.2, 0.25) is 0 Å². The van der Waals surface area contributed by atoms with Crippen molar-refractivity contribution < 1.29 is 13.9 Å². The number of nitrogens with two attached hydrogens (primary N) is 1. The summed E-state index contributed by atoms with van der Waals surface area (Å²) in [5.41, 5.74) is 7.78. The van der Waals surface area contributed by atoms with Crippen LogP contribution in [0.5, 0.6) is 5.75 Å². The van der Waals surface area contributed by atoms with Gasteiger partial charge >= 0.3 is 5.63 Å². The van der Waals surface area contributed by atoms with Gasteiger partial charge in [-0.1, -0.05) is 12.2 Å². The number of hydrogen-bond donors (Lipinski definition) is 2. The molecule has 1 atom stereocenters. The van der Waals surface area contributed by atoms with Crippen LogP contribution in [0.3, 0.4) is 0 Å². The largest absolute Gasteiger partial charge is 0.508 e. The maximum absolute atomic E-state index is 14.3. The second kappa shape index (κ2) is 10.5. The fourth-order valence-electron chi connectivity index (χ4n) is 6.04. The topological polar surface area (TPSA) is 123 Å². The maximum Gasteiger partial charge on any atom is 0.343 e. The lowest BCUT2D eigenvalue weighted by molar-refractivity contribution is 0.334. The van der Waals surface area contributed by atoms with E-state index < -0.39 is 17.5 Å². The van der Waals surface area contributed by atoms with Crippen LogP contribution in [0.15, 0.2) is 45.9 Å². The second-order valence-corrected chi connectivity index (χ2v) is 12.0. The van der Waals surface area contributed by atoms with E-state index >= 15 is 0 Å². The van der Waals surface area contributed by atoms with Crippen LogP contribution >= 0.6 is 11.3 Å². The monoisotopic (exact) mass is 584 g/mol. The molecule has 0 spiro atoms. The molecule has 0 saturated carbocycles. The third-order valence-electron chi connectivity index (χ3n) is 8.00. The van der Waals surface area contributed by atoms with Gasteiger partial charge in [0.25, 0.3) is 0 Å². The summed E-state index contributed by atoms with van der Waals surface area (Å²) in [7, 11) is 0. The SMILES string of the molecule is CC(c1oc(=O)c2c(c1-c1ccc(CN3CCCC3)s1)=CCCC=2)n1nc(-c2cc(O)cc(F)c2)c2c(N)ncnc21. The predicted octanol–water partition coefficient (Wildman–Crippen LogP) is 4.16. The minimum absolute atomic E-state index is 0.164. The van der Waals surface area contributed by atoms with Crippen LogP contribution in [0.4, 0.5) is 10.2 Å². The van der Waals surface area contributed by atoms with Crippen molar-refractivity contribution in [1.82, 2.24) is 24.6 Å². The molecule has 42 heavy (non-hydrogen) atoms. The van der Waals surface area contributed by atoms with Gasteiger partial charge < -0.3 is 15.3 Å². The Kier molecular flexibility index (Phi) is 6.63. The first-order valence-electron chi connectivity index (χ1n) is 14.0. The Morgan fingerprint density at radius 2 is 1.90 bits per heavy atom.